The molecule has 1 amide bonds. The number of carbonyl (C=O) groups is 2. The van der Waals surface area contributed by atoms with Crippen LogP contribution in [-0.4, -0.2) is 23.8 Å². The Morgan fingerprint density at radius 1 is 1.32 bits per heavy atom. The number of ketones is 1. The lowest BCUT2D eigenvalue weighted by atomic mass is 9.89. The molecule has 0 radical (unpaired) electrons. The molecule has 0 bridgehead atoms. The molecule has 1 aromatic heterocycles. The largest absolute Gasteiger partial charge is 0.375 e. The first kappa shape index (κ1) is 15.5. The molecule has 2 heterocycles. The number of hydrogen-bond acceptors (Lipinski definition) is 4. The molecule has 1 aromatic carbocycles. The predicted octanol–water partition coefficient (Wildman–Crippen LogP) is 3.49. The van der Waals surface area contributed by atoms with Crippen LogP contribution in [0.15, 0.2) is 30.3 Å². The number of nitrogens with zero attached hydrogens (tertiary/aromatic N) is 1. The topological polar surface area (TPSA) is 57.6 Å². The van der Waals surface area contributed by atoms with Crippen molar-refractivity contribution in [2.75, 3.05) is 11.9 Å². The minimum atomic E-state index is -1.90. The summed E-state index contributed by atoms with van der Waals surface area (Å²) in [5.41, 5.74) is -1.000. The van der Waals surface area contributed by atoms with Gasteiger partial charge < -0.3 is 10.0 Å². The van der Waals surface area contributed by atoms with Crippen LogP contribution in [0.2, 0.25) is 9.36 Å². The summed E-state index contributed by atoms with van der Waals surface area (Å²) >= 11 is 12.9. The third-order valence-electron chi connectivity index (χ3n) is 3.69. The molecule has 0 spiro atoms. The molecule has 0 saturated heterocycles. The third-order valence-corrected chi connectivity index (χ3v) is 5.20. The Bertz CT molecular complexity index is 789. The molecule has 1 aliphatic heterocycles. The first-order valence-corrected chi connectivity index (χ1v) is 7.99. The molecule has 3 rings (SSSR count). The van der Waals surface area contributed by atoms with Crippen molar-refractivity contribution in [2.45, 2.75) is 12.0 Å². The van der Waals surface area contributed by atoms with Gasteiger partial charge >= 0.3 is 0 Å². The summed E-state index contributed by atoms with van der Waals surface area (Å²) in [7, 11) is 1.56. The van der Waals surface area contributed by atoms with E-state index in [0.717, 1.165) is 11.3 Å². The van der Waals surface area contributed by atoms with Gasteiger partial charge in [-0.25, -0.2) is 0 Å². The van der Waals surface area contributed by atoms with Crippen LogP contribution in [-0.2, 0) is 10.4 Å². The van der Waals surface area contributed by atoms with Gasteiger partial charge in [0.2, 0.25) is 0 Å². The summed E-state index contributed by atoms with van der Waals surface area (Å²) in [6.45, 7) is 0. The lowest BCUT2D eigenvalue weighted by molar-refractivity contribution is -0.135. The molecule has 1 N–H and O–H groups in total. The van der Waals surface area contributed by atoms with Gasteiger partial charge in [0.25, 0.3) is 5.91 Å². The van der Waals surface area contributed by atoms with Crippen molar-refractivity contribution in [3.8, 4) is 0 Å². The van der Waals surface area contributed by atoms with Crippen molar-refractivity contribution in [2.24, 2.45) is 0 Å². The number of carbonyl (C=O) groups excluding carboxylic acids is 2. The van der Waals surface area contributed by atoms with Crippen LogP contribution >= 0.6 is 34.5 Å². The third kappa shape index (κ3) is 2.34. The number of hydrogen-bond donors (Lipinski definition) is 1. The highest BCUT2D eigenvalue weighted by atomic mass is 35.5. The number of benzene rings is 1. The van der Waals surface area contributed by atoms with Crippen LogP contribution in [0.25, 0.3) is 0 Å². The Morgan fingerprint density at radius 3 is 2.68 bits per heavy atom. The van der Waals surface area contributed by atoms with Crippen molar-refractivity contribution in [1.82, 2.24) is 0 Å². The van der Waals surface area contributed by atoms with Crippen LogP contribution in [0.3, 0.4) is 0 Å². The van der Waals surface area contributed by atoms with Crippen LogP contribution < -0.4 is 4.90 Å². The van der Waals surface area contributed by atoms with E-state index in [1.165, 1.54) is 11.0 Å². The van der Waals surface area contributed by atoms with Gasteiger partial charge in [-0.05, 0) is 30.3 Å². The summed E-state index contributed by atoms with van der Waals surface area (Å²) in [5.74, 6) is -0.880. The second-order valence-electron chi connectivity index (χ2n) is 5.09. The van der Waals surface area contributed by atoms with Crippen molar-refractivity contribution in [3.63, 3.8) is 0 Å². The molecule has 4 nitrogen and oxygen atoms in total. The summed E-state index contributed by atoms with van der Waals surface area (Å²) < 4.78 is 0.480. The molecule has 0 saturated carbocycles. The molecule has 114 valence electrons. The normalized spacial score (nSPS) is 20.4. The highest BCUT2D eigenvalue weighted by Gasteiger charge is 2.49. The van der Waals surface area contributed by atoms with E-state index >= 15 is 0 Å². The zero-order valence-corrected chi connectivity index (χ0v) is 13.8. The second-order valence-corrected chi connectivity index (χ2v) is 7.24. The van der Waals surface area contributed by atoms with Gasteiger partial charge in [0.15, 0.2) is 11.4 Å². The highest BCUT2D eigenvalue weighted by molar-refractivity contribution is 7.18. The standard InChI is InChI=1S/C15H11Cl2NO3S/c1-18-10-3-2-8(16)6-9(10)15(21,14(18)20)7-11(19)12-4-5-13(17)22-12/h2-6,21H,7H2,1H3. The molecule has 1 aliphatic rings. The molecule has 0 fully saturated rings. The smallest absolute Gasteiger partial charge is 0.263 e. The first-order chi connectivity index (χ1) is 10.3. The van der Waals surface area contributed by atoms with Crippen LogP contribution in [0, 0.1) is 0 Å². The number of anilines is 1. The van der Waals surface area contributed by atoms with Crippen LogP contribution in [0.4, 0.5) is 5.69 Å². The van der Waals surface area contributed by atoms with E-state index in [4.69, 9.17) is 23.2 Å². The van der Waals surface area contributed by atoms with E-state index in [1.54, 1.807) is 31.3 Å². The number of Topliss-reactive ketones (excluding diaryl/α,β-unsaturated/α-hetero) is 1. The van der Waals surface area contributed by atoms with Gasteiger partial charge in [-0.1, -0.05) is 23.2 Å². The fourth-order valence-electron chi connectivity index (χ4n) is 2.59. The van der Waals surface area contributed by atoms with Gasteiger partial charge in [0.1, 0.15) is 0 Å². The highest BCUT2D eigenvalue weighted by Crippen LogP contribution is 2.43. The van der Waals surface area contributed by atoms with Crippen molar-refractivity contribution < 1.29 is 14.7 Å². The van der Waals surface area contributed by atoms with E-state index in [0.29, 0.717) is 25.5 Å². The van der Waals surface area contributed by atoms with Gasteiger partial charge in [-0.15, -0.1) is 11.3 Å². The second kappa shape index (κ2) is 5.35. The fraction of sp³-hybridized carbons (Fsp3) is 0.200. The number of halogens is 2. The van der Waals surface area contributed by atoms with Gasteiger partial charge in [0.05, 0.1) is 21.3 Å². The lowest BCUT2D eigenvalue weighted by Crippen LogP contribution is -2.40. The Balaban J connectivity index is 2.00. The maximum absolute atomic E-state index is 12.4. The van der Waals surface area contributed by atoms with Gasteiger partial charge in [-0.2, -0.15) is 0 Å². The maximum Gasteiger partial charge on any atom is 0.263 e. The van der Waals surface area contributed by atoms with Gasteiger partial charge in [0, 0.05) is 17.6 Å². The zero-order valence-electron chi connectivity index (χ0n) is 11.5. The van der Waals surface area contributed by atoms with E-state index in [1.807, 2.05) is 0 Å². The molecule has 1 atom stereocenters. The average Bonchev–Trinajstić information content (AvgIpc) is 2.98. The minimum absolute atomic E-state index is 0.339. The monoisotopic (exact) mass is 355 g/mol. The van der Waals surface area contributed by atoms with Gasteiger partial charge in [-0.3, -0.25) is 9.59 Å². The van der Waals surface area contributed by atoms with E-state index < -0.39 is 11.5 Å². The predicted molar refractivity (Wildman–Crippen MR) is 87.0 cm³/mol. The number of likely N-dealkylation sites (N-methyl/N-ethyl adjacent to an activating group) is 1. The molecule has 1 unspecified atom stereocenters. The fourth-order valence-corrected chi connectivity index (χ4v) is 3.74. The summed E-state index contributed by atoms with van der Waals surface area (Å²) in [6.07, 6.45) is -0.347. The van der Waals surface area contributed by atoms with E-state index in [-0.39, 0.29) is 12.2 Å². The zero-order chi connectivity index (χ0) is 16.1. The summed E-state index contributed by atoms with van der Waals surface area (Å²) in [4.78, 5) is 26.5. The minimum Gasteiger partial charge on any atom is -0.375 e. The van der Waals surface area contributed by atoms with Crippen molar-refractivity contribution in [3.05, 3.63) is 50.1 Å². The SMILES string of the molecule is CN1C(=O)C(O)(CC(=O)c2ccc(Cl)s2)c2cc(Cl)ccc21. The number of amides is 1. The number of aliphatic hydroxyl groups is 1. The summed E-state index contributed by atoms with van der Waals surface area (Å²) in [6, 6.07) is 8.00. The molecule has 0 aliphatic carbocycles. The molecular weight excluding hydrogens is 345 g/mol. The number of fused-ring (bicyclic) bond motifs is 1. The maximum atomic E-state index is 12.4. The Morgan fingerprint density at radius 2 is 2.05 bits per heavy atom. The Hall–Kier alpha value is -1.40. The van der Waals surface area contributed by atoms with Crippen LogP contribution in [0.5, 0.6) is 0 Å². The molecule has 2 aromatic rings. The first-order valence-electron chi connectivity index (χ1n) is 6.42. The van der Waals surface area contributed by atoms with E-state index in [9.17, 15) is 14.7 Å². The quantitative estimate of drug-likeness (QED) is 0.857. The number of rotatable bonds is 3. The lowest BCUT2D eigenvalue weighted by Gasteiger charge is -2.20. The van der Waals surface area contributed by atoms with Crippen LogP contribution in [0.1, 0.15) is 21.7 Å². The van der Waals surface area contributed by atoms with E-state index in [2.05, 4.69) is 0 Å². The van der Waals surface area contributed by atoms with Crippen molar-refractivity contribution in [1.29, 1.82) is 0 Å². The molecular formula is C15H11Cl2NO3S. The molecule has 22 heavy (non-hydrogen) atoms. The summed E-state index contributed by atoms with van der Waals surface area (Å²) in [5, 5.41) is 11.2. The molecule has 7 heteroatoms. The average molecular weight is 356 g/mol. The number of thiophene rings is 1. The Kier molecular flexibility index (Phi) is 3.77. The van der Waals surface area contributed by atoms with Crippen molar-refractivity contribution >= 4 is 51.9 Å². The Labute approximate surface area is 140 Å².